The highest BCUT2D eigenvalue weighted by atomic mass is 19.4. The third-order valence-corrected chi connectivity index (χ3v) is 5.05. The fourth-order valence-corrected chi connectivity index (χ4v) is 3.61. The summed E-state index contributed by atoms with van der Waals surface area (Å²) in [6.45, 7) is 1.77. The largest absolute Gasteiger partial charge is 0.496 e. The van der Waals surface area contributed by atoms with Gasteiger partial charge >= 0.3 is 6.18 Å². The second kappa shape index (κ2) is 6.25. The highest BCUT2D eigenvalue weighted by molar-refractivity contribution is 5.90. The summed E-state index contributed by atoms with van der Waals surface area (Å²) >= 11 is 0. The lowest BCUT2D eigenvalue weighted by Gasteiger charge is -2.32. The molecule has 2 aromatic heterocycles. The summed E-state index contributed by atoms with van der Waals surface area (Å²) in [7, 11) is 1.30. The van der Waals surface area contributed by atoms with Gasteiger partial charge in [0.1, 0.15) is 11.6 Å². The minimum atomic E-state index is -4.90. The van der Waals surface area contributed by atoms with Crippen molar-refractivity contribution in [3.8, 4) is 11.8 Å². The van der Waals surface area contributed by atoms with E-state index in [-0.39, 0.29) is 22.3 Å². The Labute approximate surface area is 163 Å². The average Bonchev–Trinajstić information content (AvgIpc) is 3.33. The van der Waals surface area contributed by atoms with E-state index in [0.29, 0.717) is 16.5 Å². The molecule has 6 nitrogen and oxygen atoms in total. The number of nitrogens with two attached hydrogens (primary N) is 1. The molecule has 29 heavy (non-hydrogen) atoms. The molecular formula is C20H16F3N5O. The van der Waals surface area contributed by atoms with Crippen LogP contribution in [0.25, 0.3) is 21.9 Å². The molecule has 0 unspecified atom stereocenters. The molecule has 148 valence electrons. The minimum absolute atomic E-state index is 0.00703. The number of nitrogens with one attached hydrogen (secondary N) is 2. The van der Waals surface area contributed by atoms with Gasteiger partial charge in [-0.3, -0.25) is 0 Å². The maximum atomic E-state index is 14.5. The smallest absolute Gasteiger partial charge is 0.418 e. The Morgan fingerprint density at radius 3 is 2.62 bits per heavy atom. The van der Waals surface area contributed by atoms with Crippen LogP contribution in [0.3, 0.4) is 0 Å². The Kier molecular flexibility index (Phi) is 4.06. The molecule has 0 fully saturated rings. The number of alkyl halides is 3. The standard InChI is InChI=1S/C20H16F3N5O/c1-10-7-15(29-2)16(12-5-6-26-17(10)12)19(25,20(21,22)23)18-27-13-4-3-11(9-24)8-14(13)28-18/h3-8,26H,25H2,1-2H3,(H,27,28)/t19-/m1/s1. The van der Waals surface area contributed by atoms with Crippen LogP contribution in [-0.2, 0) is 5.54 Å². The van der Waals surface area contributed by atoms with E-state index >= 15 is 0 Å². The van der Waals surface area contributed by atoms with E-state index in [1.54, 1.807) is 13.1 Å². The zero-order valence-electron chi connectivity index (χ0n) is 15.5. The van der Waals surface area contributed by atoms with Gasteiger partial charge < -0.3 is 20.4 Å². The van der Waals surface area contributed by atoms with E-state index in [1.807, 2.05) is 6.07 Å². The number of aromatic nitrogens is 3. The third kappa shape index (κ3) is 2.64. The molecule has 0 saturated heterocycles. The number of fused-ring (bicyclic) bond motifs is 2. The van der Waals surface area contributed by atoms with Gasteiger partial charge in [-0.1, -0.05) is 0 Å². The van der Waals surface area contributed by atoms with Gasteiger partial charge in [-0.25, -0.2) is 4.98 Å². The first-order chi connectivity index (χ1) is 13.7. The number of hydrogen-bond donors (Lipinski definition) is 3. The molecule has 9 heteroatoms. The van der Waals surface area contributed by atoms with Gasteiger partial charge in [0.15, 0.2) is 0 Å². The van der Waals surface area contributed by atoms with Crippen molar-refractivity contribution in [1.29, 1.82) is 5.26 Å². The lowest BCUT2D eigenvalue weighted by molar-refractivity contribution is -0.178. The van der Waals surface area contributed by atoms with Gasteiger partial charge in [0, 0.05) is 22.7 Å². The number of nitrogens with zero attached hydrogens (tertiary/aromatic N) is 2. The SMILES string of the molecule is COc1cc(C)c2[nH]ccc2c1[C@@](N)(c1nc2ccc(C#N)cc2[nH]1)C(F)(F)F. The number of imidazole rings is 1. The first-order valence-electron chi connectivity index (χ1n) is 8.61. The van der Waals surface area contributed by atoms with Gasteiger partial charge in [-0.15, -0.1) is 0 Å². The summed E-state index contributed by atoms with van der Waals surface area (Å²) in [5, 5.41) is 9.34. The number of rotatable bonds is 3. The first-order valence-corrected chi connectivity index (χ1v) is 8.61. The van der Waals surface area contributed by atoms with Crippen LogP contribution in [0.2, 0.25) is 0 Å². The first kappa shape index (κ1) is 18.8. The monoisotopic (exact) mass is 399 g/mol. The predicted octanol–water partition coefficient (Wildman–Crippen LogP) is 4.00. The molecule has 0 spiro atoms. The Morgan fingerprint density at radius 1 is 1.21 bits per heavy atom. The maximum absolute atomic E-state index is 14.5. The highest BCUT2D eigenvalue weighted by Crippen LogP contribution is 2.48. The summed E-state index contributed by atoms with van der Waals surface area (Å²) in [6, 6.07) is 9.38. The Bertz CT molecular complexity index is 1280. The molecule has 0 aliphatic carbocycles. The van der Waals surface area contributed by atoms with Crippen molar-refractivity contribution < 1.29 is 17.9 Å². The number of aromatic amines is 2. The Balaban J connectivity index is 2.09. The number of benzene rings is 2. The van der Waals surface area contributed by atoms with Crippen LogP contribution in [0.5, 0.6) is 5.75 Å². The summed E-state index contributed by atoms with van der Waals surface area (Å²) in [4.78, 5) is 9.73. The molecular weight excluding hydrogens is 383 g/mol. The lowest BCUT2D eigenvalue weighted by Crippen LogP contribution is -2.52. The predicted molar refractivity (Wildman–Crippen MR) is 101 cm³/mol. The number of ether oxygens (including phenoxy) is 1. The van der Waals surface area contributed by atoms with E-state index in [9.17, 15) is 13.2 Å². The van der Waals surface area contributed by atoms with E-state index in [1.165, 1.54) is 37.4 Å². The van der Waals surface area contributed by atoms with Crippen molar-refractivity contribution in [3.05, 3.63) is 59.0 Å². The molecule has 2 aromatic carbocycles. The summed E-state index contributed by atoms with van der Waals surface area (Å²) in [6.07, 6.45) is -3.35. The zero-order valence-corrected chi connectivity index (χ0v) is 15.5. The second-order valence-corrected chi connectivity index (χ2v) is 6.77. The summed E-state index contributed by atoms with van der Waals surface area (Å²) < 4.78 is 48.8. The Morgan fingerprint density at radius 2 is 1.97 bits per heavy atom. The highest BCUT2D eigenvalue weighted by Gasteiger charge is 2.59. The number of halogens is 3. The van der Waals surface area contributed by atoms with Crippen molar-refractivity contribution >= 4 is 21.9 Å². The molecule has 4 N–H and O–H groups in total. The molecule has 4 aromatic rings. The summed E-state index contributed by atoms with van der Waals surface area (Å²) in [5.74, 6) is -0.479. The number of aryl methyl sites for hydroxylation is 1. The second-order valence-electron chi connectivity index (χ2n) is 6.77. The number of nitriles is 1. The number of H-pyrrole nitrogens is 2. The van der Waals surface area contributed by atoms with Gasteiger partial charge in [0.05, 0.1) is 29.8 Å². The summed E-state index contributed by atoms with van der Waals surface area (Å²) in [5.41, 5.74) is 5.02. The number of hydrogen-bond acceptors (Lipinski definition) is 4. The van der Waals surface area contributed by atoms with Crippen LogP contribution in [-0.4, -0.2) is 28.2 Å². The van der Waals surface area contributed by atoms with E-state index in [0.717, 1.165) is 5.56 Å². The van der Waals surface area contributed by atoms with Crippen LogP contribution < -0.4 is 10.5 Å². The van der Waals surface area contributed by atoms with E-state index in [4.69, 9.17) is 15.7 Å². The Hall–Kier alpha value is -3.51. The van der Waals surface area contributed by atoms with Crippen molar-refractivity contribution in [2.75, 3.05) is 7.11 Å². The lowest BCUT2D eigenvalue weighted by atomic mass is 9.85. The van der Waals surface area contributed by atoms with Crippen molar-refractivity contribution in [2.24, 2.45) is 5.73 Å². The van der Waals surface area contributed by atoms with Crippen LogP contribution in [0.1, 0.15) is 22.5 Å². The molecule has 4 rings (SSSR count). The minimum Gasteiger partial charge on any atom is -0.496 e. The van der Waals surface area contributed by atoms with Crippen LogP contribution in [0.15, 0.2) is 36.5 Å². The molecule has 0 aliphatic heterocycles. The van der Waals surface area contributed by atoms with Crippen molar-refractivity contribution in [1.82, 2.24) is 15.0 Å². The van der Waals surface area contributed by atoms with E-state index < -0.39 is 17.5 Å². The molecule has 0 amide bonds. The quantitative estimate of drug-likeness (QED) is 0.484. The molecule has 0 radical (unpaired) electrons. The number of methoxy groups -OCH3 is 1. The fraction of sp³-hybridized carbons (Fsp3) is 0.200. The third-order valence-electron chi connectivity index (χ3n) is 5.05. The van der Waals surface area contributed by atoms with Gasteiger partial charge in [0.25, 0.3) is 0 Å². The van der Waals surface area contributed by atoms with Crippen LogP contribution in [0, 0.1) is 18.3 Å². The topological polar surface area (TPSA) is 104 Å². The zero-order chi connectivity index (χ0) is 21.0. The van der Waals surface area contributed by atoms with Crippen LogP contribution in [0.4, 0.5) is 13.2 Å². The van der Waals surface area contributed by atoms with Crippen LogP contribution >= 0.6 is 0 Å². The fourth-order valence-electron chi connectivity index (χ4n) is 3.61. The van der Waals surface area contributed by atoms with Gasteiger partial charge in [-0.2, -0.15) is 18.4 Å². The molecule has 0 saturated carbocycles. The normalized spacial score (nSPS) is 14.1. The molecule has 0 bridgehead atoms. The average molecular weight is 399 g/mol. The molecule has 1 atom stereocenters. The van der Waals surface area contributed by atoms with Gasteiger partial charge in [-0.05, 0) is 42.8 Å². The van der Waals surface area contributed by atoms with Crippen molar-refractivity contribution in [2.45, 2.75) is 18.6 Å². The molecule has 0 aliphatic rings. The van der Waals surface area contributed by atoms with Crippen molar-refractivity contribution in [3.63, 3.8) is 0 Å². The molecule has 2 heterocycles. The van der Waals surface area contributed by atoms with E-state index in [2.05, 4.69) is 15.0 Å². The van der Waals surface area contributed by atoms with Gasteiger partial charge in [0.2, 0.25) is 5.54 Å². The maximum Gasteiger partial charge on any atom is 0.418 e.